The maximum atomic E-state index is 5.27. The molecule has 0 radical (unpaired) electrons. The number of nitrogens with zero attached hydrogens (tertiary/aromatic N) is 6. The SMILES string of the molecule is Cc1cc(C)cc(-c2ccc3c(c2)c2ccccc2n3-c2ccc(-c3nc(-c4ccccc4)nc(-c4ccccc4)n3)cc2-c2cccc(-c3cc4c5c(c3)N(c3ccccc3)c3ccccc3B5c3ccccc3N4c3ccccc3)c2)c1. The van der Waals surface area contributed by atoms with Gasteiger partial charge in [0.1, 0.15) is 0 Å². The Hall–Kier alpha value is -10.9. The molecule has 0 unspecified atom stereocenters. The Balaban J connectivity index is 0.941. The summed E-state index contributed by atoms with van der Waals surface area (Å²) in [6.07, 6.45) is 0. The Kier molecular flexibility index (Phi) is 11.6. The summed E-state index contributed by atoms with van der Waals surface area (Å²) >= 11 is 0. The Morgan fingerprint density at radius 2 is 0.750 bits per heavy atom. The molecule has 0 fully saturated rings. The van der Waals surface area contributed by atoms with E-state index in [4.69, 9.17) is 15.0 Å². The quantitative estimate of drug-likeness (QED) is 0.135. The number of para-hydroxylation sites is 5. The molecule has 0 N–H and O–H groups in total. The van der Waals surface area contributed by atoms with Crippen LogP contribution in [0, 0.1) is 13.8 Å². The van der Waals surface area contributed by atoms with E-state index in [0.717, 1.165) is 78.4 Å². The molecule has 84 heavy (non-hydrogen) atoms. The number of aromatic nitrogens is 4. The molecule has 0 aliphatic carbocycles. The highest BCUT2D eigenvalue weighted by Gasteiger charge is 2.43. The average Bonchev–Trinajstić information content (AvgIpc) is 1.17. The maximum Gasteiger partial charge on any atom is 0.252 e. The summed E-state index contributed by atoms with van der Waals surface area (Å²) in [5, 5.41) is 2.38. The van der Waals surface area contributed by atoms with Crippen molar-refractivity contribution >= 4 is 79.0 Å². The lowest BCUT2D eigenvalue weighted by molar-refractivity contribution is 1.07. The Morgan fingerprint density at radius 1 is 0.286 bits per heavy atom. The van der Waals surface area contributed by atoms with Crippen molar-refractivity contribution in [1.82, 2.24) is 19.5 Å². The number of fused-ring (bicyclic) bond motifs is 7. The highest BCUT2D eigenvalue weighted by atomic mass is 15.2. The lowest BCUT2D eigenvalue weighted by Crippen LogP contribution is -2.61. The summed E-state index contributed by atoms with van der Waals surface area (Å²) < 4.78 is 2.45. The van der Waals surface area contributed by atoms with Crippen LogP contribution in [0.4, 0.5) is 34.1 Å². The minimum absolute atomic E-state index is 0.0106. The molecule has 0 saturated heterocycles. The van der Waals surface area contributed by atoms with Crippen LogP contribution in [-0.4, -0.2) is 26.2 Å². The molecule has 4 heterocycles. The fourth-order valence-corrected chi connectivity index (χ4v) is 13.2. The molecule has 7 heteroatoms. The molecule has 394 valence electrons. The fraction of sp³-hybridized carbons (Fsp3) is 0.0260. The zero-order valence-electron chi connectivity index (χ0n) is 46.4. The van der Waals surface area contributed by atoms with Crippen LogP contribution in [0.2, 0.25) is 0 Å². The van der Waals surface area contributed by atoms with Gasteiger partial charge in [-0.15, -0.1) is 0 Å². The molecule has 0 amide bonds. The Bertz CT molecular complexity index is 4700. The van der Waals surface area contributed by atoms with Crippen molar-refractivity contribution in [3.05, 3.63) is 296 Å². The zero-order valence-corrected chi connectivity index (χ0v) is 46.4. The van der Waals surface area contributed by atoms with E-state index in [9.17, 15) is 0 Å². The number of hydrogen-bond acceptors (Lipinski definition) is 5. The van der Waals surface area contributed by atoms with Crippen LogP contribution in [0.3, 0.4) is 0 Å². The first-order chi connectivity index (χ1) is 41.5. The number of rotatable bonds is 9. The predicted octanol–water partition coefficient (Wildman–Crippen LogP) is 17.7. The monoisotopic (exact) mass is 1070 g/mol. The van der Waals surface area contributed by atoms with Gasteiger partial charge in [-0.05, 0) is 149 Å². The molecule has 14 aromatic rings. The lowest BCUT2D eigenvalue weighted by Gasteiger charge is -2.44. The van der Waals surface area contributed by atoms with E-state index in [1.807, 2.05) is 36.4 Å². The van der Waals surface area contributed by atoms with Crippen LogP contribution in [-0.2, 0) is 0 Å². The van der Waals surface area contributed by atoms with Gasteiger partial charge in [0, 0.05) is 67.2 Å². The standard InChI is InChI=1S/C77H53BN6/c1-50-42-51(2)44-58(43-50)55-38-40-69-64(46-55)62-32-15-18-35-67(62)84(69)68-41-39-57(77-80-75(52-22-7-3-8-23-52)79-76(81-77)53-24-9-4-10-25-53)47-63(68)56-27-21-26-54(45-56)59-48-72-74-73(49-59)83(61-30-13-6-14-31-61)71-37-20-17-34-66(71)78(74)65-33-16-19-36-70(65)82(72)60-28-11-5-12-29-60/h3-49H,1-2H3. The van der Waals surface area contributed by atoms with Gasteiger partial charge in [0.15, 0.2) is 17.5 Å². The molecule has 12 aromatic carbocycles. The molecular weight excluding hydrogens is 1020 g/mol. The van der Waals surface area contributed by atoms with Crippen molar-refractivity contribution in [2.24, 2.45) is 0 Å². The summed E-state index contributed by atoms with van der Waals surface area (Å²) in [6.45, 7) is 4.37. The first-order valence-corrected chi connectivity index (χ1v) is 28.8. The van der Waals surface area contributed by atoms with E-state index in [0.29, 0.717) is 17.5 Å². The summed E-state index contributed by atoms with van der Waals surface area (Å²) in [6, 6.07) is 103. The van der Waals surface area contributed by atoms with Crippen molar-refractivity contribution in [2.45, 2.75) is 13.8 Å². The van der Waals surface area contributed by atoms with Crippen LogP contribution in [0.25, 0.3) is 95.0 Å². The van der Waals surface area contributed by atoms with E-state index < -0.39 is 0 Å². The van der Waals surface area contributed by atoms with Crippen molar-refractivity contribution in [2.75, 3.05) is 9.80 Å². The summed E-state index contributed by atoms with van der Waals surface area (Å²) in [5.41, 5.74) is 26.0. The fourth-order valence-electron chi connectivity index (χ4n) is 13.2. The number of hydrogen-bond donors (Lipinski definition) is 0. The maximum absolute atomic E-state index is 5.27. The topological polar surface area (TPSA) is 50.1 Å². The number of benzene rings is 12. The van der Waals surface area contributed by atoms with E-state index in [1.54, 1.807) is 0 Å². The highest BCUT2D eigenvalue weighted by Crippen LogP contribution is 2.47. The van der Waals surface area contributed by atoms with Gasteiger partial charge in [0.05, 0.1) is 16.7 Å². The molecule has 0 spiro atoms. The first-order valence-electron chi connectivity index (χ1n) is 28.8. The van der Waals surface area contributed by atoms with E-state index in [2.05, 4.69) is 277 Å². The molecule has 16 rings (SSSR count). The van der Waals surface area contributed by atoms with Gasteiger partial charge in [-0.3, -0.25) is 0 Å². The molecule has 6 nitrogen and oxygen atoms in total. The van der Waals surface area contributed by atoms with Crippen molar-refractivity contribution < 1.29 is 0 Å². The lowest BCUT2D eigenvalue weighted by atomic mass is 9.33. The van der Waals surface area contributed by atoms with Crippen LogP contribution in [0.1, 0.15) is 11.1 Å². The smallest absolute Gasteiger partial charge is 0.252 e. The highest BCUT2D eigenvalue weighted by molar-refractivity contribution is 7.00. The van der Waals surface area contributed by atoms with Crippen molar-refractivity contribution in [3.8, 4) is 73.2 Å². The van der Waals surface area contributed by atoms with Crippen LogP contribution in [0.15, 0.2) is 285 Å². The van der Waals surface area contributed by atoms with Gasteiger partial charge in [0.25, 0.3) is 6.71 Å². The minimum Gasteiger partial charge on any atom is -0.311 e. The van der Waals surface area contributed by atoms with Crippen molar-refractivity contribution in [1.29, 1.82) is 0 Å². The van der Waals surface area contributed by atoms with Gasteiger partial charge in [-0.1, -0.05) is 205 Å². The van der Waals surface area contributed by atoms with Gasteiger partial charge in [-0.2, -0.15) is 0 Å². The summed E-state index contributed by atoms with van der Waals surface area (Å²) in [5.74, 6) is 1.83. The number of anilines is 6. The second kappa shape index (κ2) is 20.0. The molecule has 2 aromatic heterocycles. The van der Waals surface area contributed by atoms with E-state index in [1.165, 1.54) is 60.8 Å². The first kappa shape index (κ1) is 49.0. The van der Waals surface area contributed by atoms with Crippen LogP contribution >= 0.6 is 0 Å². The van der Waals surface area contributed by atoms with Gasteiger partial charge in [-0.25, -0.2) is 15.0 Å². The van der Waals surface area contributed by atoms with Crippen LogP contribution < -0.4 is 26.2 Å². The second-order valence-corrected chi connectivity index (χ2v) is 22.1. The van der Waals surface area contributed by atoms with E-state index in [-0.39, 0.29) is 6.71 Å². The van der Waals surface area contributed by atoms with Gasteiger partial charge < -0.3 is 14.4 Å². The Morgan fingerprint density at radius 3 is 1.36 bits per heavy atom. The predicted molar refractivity (Wildman–Crippen MR) is 350 cm³/mol. The van der Waals surface area contributed by atoms with Gasteiger partial charge in [0.2, 0.25) is 0 Å². The third-order valence-corrected chi connectivity index (χ3v) is 16.8. The van der Waals surface area contributed by atoms with Gasteiger partial charge >= 0.3 is 0 Å². The molecule has 0 atom stereocenters. The summed E-state index contributed by atoms with van der Waals surface area (Å²) in [4.78, 5) is 20.6. The van der Waals surface area contributed by atoms with Crippen LogP contribution in [0.5, 0.6) is 0 Å². The molecule has 0 bridgehead atoms. The molecule has 2 aliphatic heterocycles. The van der Waals surface area contributed by atoms with Crippen molar-refractivity contribution in [3.63, 3.8) is 0 Å². The number of aryl methyl sites for hydroxylation is 2. The second-order valence-electron chi connectivity index (χ2n) is 22.1. The largest absolute Gasteiger partial charge is 0.311 e. The minimum atomic E-state index is 0.0106. The molecular formula is C77H53BN6. The third-order valence-electron chi connectivity index (χ3n) is 16.8. The average molecular weight is 1070 g/mol. The molecule has 2 aliphatic rings. The Labute approximate surface area is 489 Å². The third kappa shape index (κ3) is 8.23. The van der Waals surface area contributed by atoms with E-state index >= 15 is 0 Å². The molecule has 0 saturated carbocycles. The normalized spacial score (nSPS) is 12.3. The zero-order chi connectivity index (χ0) is 55.8. The summed E-state index contributed by atoms with van der Waals surface area (Å²) in [7, 11) is 0.